The van der Waals surface area contributed by atoms with Crippen molar-refractivity contribution in [3.8, 4) is 0 Å². The molecule has 3 unspecified atom stereocenters. The summed E-state index contributed by atoms with van der Waals surface area (Å²) in [4.78, 5) is 0. The molecule has 0 radical (unpaired) electrons. The lowest BCUT2D eigenvalue weighted by Gasteiger charge is -2.37. The molecule has 0 bridgehead atoms. The molecule has 0 spiro atoms. The largest absolute Gasteiger partial charge is 0.327 e. The third-order valence-electron chi connectivity index (χ3n) is 4.15. The van der Waals surface area contributed by atoms with Crippen LogP contribution in [0.3, 0.4) is 0 Å². The van der Waals surface area contributed by atoms with E-state index in [1.54, 1.807) is 0 Å². The third-order valence-corrected chi connectivity index (χ3v) is 4.15. The number of hydrogen-bond acceptors (Lipinski definition) is 1. The lowest BCUT2D eigenvalue weighted by Crippen LogP contribution is -2.47. The lowest BCUT2D eigenvalue weighted by molar-refractivity contribution is 0.0136. The van der Waals surface area contributed by atoms with Gasteiger partial charge in [-0.1, -0.05) is 51.1 Å². The molecule has 94 valence electrons. The molecule has 0 saturated heterocycles. The number of alkyl halides is 1. The molecule has 17 heavy (non-hydrogen) atoms. The topological polar surface area (TPSA) is 26.0 Å². The summed E-state index contributed by atoms with van der Waals surface area (Å²) in [6.07, 6.45) is 0.926. The molecule has 1 saturated carbocycles. The average Bonchev–Trinajstić information content (AvgIpc) is 3.08. The van der Waals surface area contributed by atoms with Gasteiger partial charge >= 0.3 is 0 Å². The number of benzene rings is 1. The van der Waals surface area contributed by atoms with Gasteiger partial charge in [-0.2, -0.15) is 0 Å². The highest BCUT2D eigenvalue weighted by Gasteiger charge is 2.58. The number of hydrogen-bond donors (Lipinski definition) is 1. The highest BCUT2D eigenvalue weighted by molar-refractivity contribution is 5.28. The normalized spacial score (nSPS) is 27.6. The van der Waals surface area contributed by atoms with Gasteiger partial charge in [-0.05, 0) is 23.3 Å². The summed E-state index contributed by atoms with van der Waals surface area (Å²) in [5, 5.41) is 0. The zero-order valence-electron chi connectivity index (χ0n) is 10.9. The van der Waals surface area contributed by atoms with Crippen molar-refractivity contribution in [3.63, 3.8) is 0 Å². The molecule has 0 aliphatic heterocycles. The molecular formula is C15H22FN. The first-order chi connectivity index (χ1) is 7.90. The first-order valence-corrected chi connectivity index (χ1v) is 6.34. The van der Waals surface area contributed by atoms with Gasteiger partial charge in [-0.15, -0.1) is 0 Å². The molecule has 2 N–H and O–H groups in total. The van der Waals surface area contributed by atoms with Crippen LogP contribution in [0, 0.1) is 11.3 Å². The zero-order chi connectivity index (χ0) is 12.7. The molecule has 0 amide bonds. The Hall–Kier alpha value is -0.890. The van der Waals surface area contributed by atoms with Crippen LogP contribution in [0.1, 0.15) is 38.7 Å². The Bertz CT molecular complexity index is 382. The maximum absolute atomic E-state index is 15.0. The van der Waals surface area contributed by atoms with E-state index in [-0.39, 0.29) is 12.5 Å². The van der Waals surface area contributed by atoms with Crippen molar-refractivity contribution >= 4 is 0 Å². The van der Waals surface area contributed by atoms with Crippen LogP contribution in [0.4, 0.5) is 4.39 Å². The van der Waals surface area contributed by atoms with Crippen molar-refractivity contribution in [2.24, 2.45) is 17.1 Å². The Morgan fingerprint density at radius 1 is 1.24 bits per heavy atom. The monoisotopic (exact) mass is 235 g/mol. The Balaban J connectivity index is 2.17. The summed E-state index contributed by atoms with van der Waals surface area (Å²) < 4.78 is 15.0. The fourth-order valence-corrected chi connectivity index (χ4v) is 2.78. The van der Waals surface area contributed by atoms with E-state index < -0.39 is 11.1 Å². The molecule has 1 fully saturated rings. The van der Waals surface area contributed by atoms with Crippen molar-refractivity contribution in [2.75, 3.05) is 6.54 Å². The van der Waals surface area contributed by atoms with Gasteiger partial charge < -0.3 is 5.73 Å². The molecule has 2 rings (SSSR count). The molecule has 1 aromatic rings. The summed E-state index contributed by atoms with van der Waals surface area (Å²) >= 11 is 0. The molecule has 3 atom stereocenters. The van der Waals surface area contributed by atoms with Crippen LogP contribution >= 0.6 is 0 Å². The maximum Gasteiger partial charge on any atom is 0.131 e. The average molecular weight is 235 g/mol. The van der Waals surface area contributed by atoms with Gasteiger partial charge in [0, 0.05) is 12.5 Å². The smallest absolute Gasteiger partial charge is 0.131 e. The van der Waals surface area contributed by atoms with Crippen molar-refractivity contribution < 1.29 is 4.39 Å². The summed E-state index contributed by atoms with van der Waals surface area (Å²) in [6, 6.07) is 10.2. The highest BCUT2D eigenvalue weighted by Crippen LogP contribution is 2.59. The molecule has 2 heteroatoms. The second-order valence-corrected chi connectivity index (χ2v) is 6.18. The second kappa shape index (κ2) is 4.09. The lowest BCUT2D eigenvalue weighted by atomic mass is 9.74. The molecule has 0 heterocycles. The standard InChI is InChI=1S/C15H22FN/c1-14(2,3)15(16,10-17)13-9-12(13)11-7-5-4-6-8-11/h4-8,12-13H,9-10,17H2,1-3H3. The molecular weight excluding hydrogens is 213 g/mol. The van der Waals surface area contributed by atoms with E-state index in [9.17, 15) is 0 Å². The van der Waals surface area contributed by atoms with Crippen LogP contribution in [0.2, 0.25) is 0 Å². The summed E-state index contributed by atoms with van der Waals surface area (Å²) in [7, 11) is 0. The van der Waals surface area contributed by atoms with Crippen LogP contribution < -0.4 is 5.73 Å². The predicted octanol–water partition coefficient (Wildman–Crippen LogP) is 3.50. The molecule has 1 aliphatic carbocycles. The quantitative estimate of drug-likeness (QED) is 0.852. The third kappa shape index (κ3) is 2.11. The second-order valence-electron chi connectivity index (χ2n) is 6.18. The van der Waals surface area contributed by atoms with Crippen LogP contribution in [0.25, 0.3) is 0 Å². The first-order valence-electron chi connectivity index (χ1n) is 6.34. The highest BCUT2D eigenvalue weighted by atomic mass is 19.1. The Morgan fingerprint density at radius 2 is 1.82 bits per heavy atom. The Kier molecular flexibility index (Phi) is 3.03. The fourth-order valence-electron chi connectivity index (χ4n) is 2.78. The van der Waals surface area contributed by atoms with Crippen LogP contribution in [0.5, 0.6) is 0 Å². The summed E-state index contributed by atoms with van der Waals surface area (Å²) in [6.45, 7) is 5.95. The van der Waals surface area contributed by atoms with Gasteiger partial charge in [-0.25, -0.2) is 4.39 Å². The Labute approximate surface area is 103 Å². The van der Waals surface area contributed by atoms with Crippen molar-refractivity contribution in [1.82, 2.24) is 0 Å². The van der Waals surface area contributed by atoms with Crippen molar-refractivity contribution in [2.45, 2.75) is 38.8 Å². The Morgan fingerprint density at radius 3 is 2.29 bits per heavy atom. The van der Waals surface area contributed by atoms with Gasteiger partial charge in [-0.3, -0.25) is 0 Å². The molecule has 0 aromatic heterocycles. The van der Waals surface area contributed by atoms with Crippen LogP contribution in [-0.4, -0.2) is 12.2 Å². The van der Waals surface area contributed by atoms with Gasteiger partial charge in [0.25, 0.3) is 0 Å². The van der Waals surface area contributed by atoms with E-state index in [0.29, 0.717) is 5.92 Å². The SMILES string of the molecule is CC(C)(C)C(F)(CN)C1CC1c1ccccc1. The van der Waals surface area contributed by atoms with Gasteiger partial charge in [0.15, 0.2) is 0 Å². The minimum Gasteiger partial charge on any atom is -0.327 e. The van der Waals surface area contributed by atoms with Crippen molar-refractivity contribution in [1.29, 1.82) is 0 Å². The van der Waals surface area contributed by atoms with E-state index in [4.69, 9.17) is 5.73 Å². The molecule has 1 aromatic carbocycles. The van der Waals surface area contributed by atoms with E-state index in [1.807, 2.05) is 39.0 Å². The fraction of sp³-hybridized carbons (Fsp3) is 0.600. The predicted molar refractivity (Wildman–Crippen MR) is 69.6 cm³/mol. The first kappa shape index (κ1) is 12.6. The molecule has 1 aliphatic rings. The van der Waals surface area contributed by atoms with Gasteiger partial charge in [0.2, 0.25) is 0 Å². The summed E-state index contributed by atoms with van der Waals surface area (Å²) in [5.74, 6) is 0.430. The maximum atomic E-state index is 15.0. The van der Waals surface area contributed by atoms with Crippen LogP contribution in [-0.2, 0) is 0 Å². The van der Waals surface area contributed by atoms with E-state index in [2.05, 4.69) is 12.1 Å². The minimum absolute atomic E-state index is 0.0786. The zero-order valence-corrected chi connectivity index (χ0v) is 10.9. The van der Waals surface area contributed by atoms with Crippen LogP contribution in [0.15, 0.2) is 30.3 Å². The number of nitrogens with two attached hydrogens (primary N) is 1. The van der Waals surface area contributed by atoms with E-state index in [1.165, 1.54) is 5.56 Å². The minimum atomic E-state index is -1.26. The van der Waals surface area contributed by atoms with Crippen molar-refractivity contribution in [3.05, 3.63) is 35.9 Å². The van der Waals surface area contributed by atoms with E-state index >= 15 is 4.39 Å². The van der Waals surface area contributed by atoms with Gasteiger partial charge in [0.05, 0.1) is 0 Å². The number of halogens is 1. The van der Waals surface area contributed by atoms with Gasteiger partial charge in [0.1, 0.15) is 5.67 Å². The number of rotatable bonds is 3. The van der Waals surface area contributed by atoms with E-state index in [0.717, 1.165) is 6.42 Å². The summed E-state index contributed by atoms with van der Waals surface area (Å²) in [5.41, 5.74) is 5.30. The molecule has 1 nitrogen and oxygen atoms in total.